The molecule has 0 aromatic rings. The smallest absolute Gasteiger partial charge is 0.726 e. The SMILES string of the molecule is O=S(=O)([O-])O.O=S(=O)([O-])O.O=S(=O)([O-])O.[Y+3]. The summed E-state index contributed by atoms with van der Waals surface area (Å²) in [5.74, 6) is 0. The molecule has 0 atom stereocenters. The van der Waals surface area contributed by atoms with Crippen LogP contribution in [0.2, 0.25) is 0 Å². The first-order valence-corrected chi connectivity index (χ1v) is 6.14. The Balaban J connectivity index is -0.0000000655. The molecule has 0 amide bonds. The van der Waals surface area contributed by atoms with Crippen molar-refractivity contribution < 1.29 is 85.3 Å². The van der Waals surface area contributed by atoms with Crippen molar-refractivity contribution in [3.8, 4) is 0 Å². The largest absolute Gasteiger partial charge is 3.00 e. The maximum absolute atomic E-state index is 8.63. The monoisotopic (exact) mass is 380 g/mol. The van der Waals surface area contributed by atoms with Gasteiger partial charge in [0, 0.05) is 0 Å². The van der Waals surface area contributed by atoms with E-state index in [-0.39, 0.29) is 32.7 Å². The van der Waals surface area contributed by atoms with E-state index in [1.54, 1.807) is 0 Å². The van der Waals surface area contributed by atoms with Crippen molar-refractivity contribution >= 4 is 31.2 Å². The molecule has 0 spiro atoms. The number of rotatable bonds is 0. The summed E-state index contributed by atoms with van der Waals surface area (Å²) in [6, 6.07) is 0. The van der Waals surface area contributed by atoms with Crippen LogP contribution in [0.3, 0.4) is 0 Å². The van der Waals surface area contributed by atoms with Crippen LogP contribution in [0.4, 0.5) is 0 Å². The van der Waals surface area contributed by atoms with Crippen LogP contribution >= 0.6 is 0 Å². The van der Waals surface area contributed by atoms with E-state index in [1.807, 2.05) is 0 Å². The molecule has 3 N–H and O–H groups in total. The van der Waals surface area contributed by atoms with Gasteiger partial charge in [-0.3, -0.25) is 13.7 Å². The summed E-state index contributed by atoms with van der Waals surface area (Å²) in [6.07, 6.45) is 0. The molecule has 16 heavy (non-hydrogen) atoms. The van der Waals surface area contributed by atoms with E-state index < -0.39 is 31.2 Å². The van der Waals surface area contributed by atoms with E-state index in [1.165, 1.54) is 0 Å². The van der Waals surface area contributed by atoms with Gasteiger partial charge in [-0.2, -0.15) is 0 Å². The molecule has 12 nitrogen and oxygen atoms in total. The Morgan fingerprint density at radius 3 is 0.562 bits per heavy atom. The Kier molecular flexibility index (Phi) is 15.5. The van der Waals surface area contributed by atoms with Crippen LogP contribution < -0.4 is 0 Å². The third-order valence-electron chi connectivity index (χ3n) is 0. The quantitative estimate of drug-likeness (QED) is 0.282. The molecular weight excluding hydrogens is 377 g/mol. The summed E-state index contributed by atoms with van der Waals surface area (Å²) < 4.78 is 98.5. The van der Waals surface area contributed by atoms with Gasteiger partial charge in [-0.15, -0.1) is 0 Å². The van der Waals surface area contributed by atoms with Crippen LogP contribution in [0.15, 0.2) is 0 Å². The molecule has 0 aromatic carbocycles. The van der Waals surface area contributed by atoms with Crippen molar-refractivity contribution in [1.29, 1.82) is 0 Å². The fourth-order valence-corrected chi connectivity index (χ4v) is 0. The average Bonchev–Trinajstić information content (AvgIpc) is 1.41. The van der Waals surface area contributed by atoms with Crippen molar-refractivity contribution in [1.82, 2.24) is 0 Å². The molecule has 0 radical (unpaired) electrons. The first-order chi connectivity index (χ1) is 6.00. The first-order valence-electron chi connectivity index (χ1n) is 2.05. The van der Waals surface area contributed by atoms with Crippen molar-refractivity contribution in [2.45, 2.75) is 0 Å². The average molecular weight is 380 g/mol. The molecule has 0 bridgehead atoms. The van der Waals surface area contributed by atoms with Crippen LogP contribution in [0.25, 0.3) is 0 Å². The zero-order valence-corrected chi connectivity index (χ0v) is 12.1. The van der Waals surface area contributed by atoms with Gasteiger partial charge < -0.3 is 13.7 Å². The summed E-state index contributed by atoms with van der Waals surface area (Å²) in [5.41, 5.74) is 0. The molecule has 0 aliphatic heterocycles. The van der Waals surface area contributed by atoms with Crippen LogP contribution in [-0.2, 0) is 63.9 Å². The van der Waals surface area contributed by atoms with Gasteiger partial charge in [0.05, 0.1) is 0 Å². The van der Waals surface area contributed by atoms with E-state index in [9.17, 15) is 0 Å². The molecule has 0 rings (SSSR count). The van der Waals surface area contributed by atoms with Crippen molar-refractivity contribution in [3.05, 3.63) is 0 Å². The third-order valence-corrected chi connectivity index (χ3v) is 0. The number of hydrogen-bond donors (Lipinski definition) is 3. The zero-order chi connectivity index (χ0) is 13.5. The first kappa shape index (κ1) is 25.5. The summed E-state index contributed by atoms with van der Waals surface area (Å²) >= 11 is 0. The van der Waals surface area contributed by atoms with Gasteiger partial charge in [-0.05, 0) is 0 Å². The fourth-order valence-electron chi connectivity index (χ4n) is 0. The van der Waals surface area contributed by atoms with Gasteiger partial charge in [0.2, 0.25) is 31.2 Å². The second-order valence-corrected chi connectivity index (χ2v) is 3.85. The van der Waals surface area contributed by atoms with Crippen LogP contribution in [-0.4, -0.2) is 52.6 Å². The Bertz CT molecular complexity index is 337. The van der Waals surface area contributed by atoms with Crippen LogP contribution in [0.1, 0.15) is 0 Å². The molecule has 0 heterocycles. The summed E-state index contributed by atoms with van der Waals surface area (Å²) in [7, 11) is -14.7. The standard InChI is InChI=1S/3H2O4S.Y/c3*1-5(2,3)4;/h3*(H2,1,2,3,4);/q;;;+3/p-3. The second-order valence-electron chi connectivity index (χ2n) is 1.28. The number of hydrogen-bond acceptors (Lipinski definition) is 9. The molecule has 0 saturated heterocycles. The second kappa shape index (κ2) is 9.71. The van der Waals surface area contributed by atoms with E-state index in [2.05, 4.69) is 0 Å². The molecule has 0 aromatic heterocycles. The van der Waals surface area contributed by atoms with Gasteiger partial charge >= 0.3 is 32.7 Å². The minimum absolute atomic E-state index is 0. The van der Waals surface area contributed by atoms with E-state index in [0.29, 0.717) is 0 Å². The zero-order valence-electron chi connectivity index (χ0n) is 6.82. The minimum Gasteiger partial charge on any atom is -0.726 e. The van der Waals surface area contributed by atoms with Crippen molar-refractivity contribution in [2.24, 2.45) is 0 Å². The molecule has 96 valence electrons. The molecular formula is H3O12S3Y. The third kappa shape index (κ3) is 5430. The van der Waals surface area contributed by atoms with Crippen molar-refractivity contribution in [2.75, 3.05) is 0 Å². The Morgan fingerprint density at radius 2 is 0.562 bits per heavy atom. The van der Waals surface area contributed by atoms with Gasteiger partial charge in [-0.1, -0.05) is 0 Å². The van der Waals surface area contributed by atoms with Gasteiger partial charge in [0.15, 0.2) is 0 Å². The minimum atomic E-state index is -4.92. The summed E-state index contributed by atoms with van der Waals surface area (Å²) in [4.78, 5) is 0. The predicted octanol–water partition coefficient (Wildman–Crippen LogP) is -2.99. The van der Waals surface area contributed by atoms with E-state index >= 15 is 0 Å². The summed E-state index contributed by atoms with van der Waals surface area (Å²) in [5, 5.41) is 0. The maximum atomic E-state index is 8.63. The Labute approximate surface area is 116 Å². The predicted molar refractivity (Wildman–Crippen MR) is 37.0 cm³/mol. The molecule has 0 fully saturated rings. The fraction of sp³-hybridized carbons (Fsp3) is 0. The van der Waals surface area contributed by atoms with E-state index in [4.69, 9.17) is 52.6 Å². The van der Waals surface area contributed by atoms with Crippen LogP contribution in [0.5, 0.6) is 0 Å². The summed E-state index contributed by atoms with van der Waals surface area (Å²) in [6.45, 7) is 0. The molecule has 16 heteroatoms. The van der Waals surface area contributed by atoms with Crippen LogP contribution in [0, 0.1) is 0 Å². The Morgan fingerprint density at radius 1 is 0.562 bits per heavy atom. The Hall–Kier alpha value is 0.714. The van der Waals surface area contributed by atoms with Gasteiger partial charge in [0.1, 0.15) is 0 Å². The van der Waals surface area contributed by atoms with Gasteiger partial charge in [-0.25, -0.2) is 25.3 Å². The normalized spacial score (nSPS) is 10.9. The molecule has 0 aliphatic carbocycles. The van der Waals surface area contributed by atoms with Gasteiger partial charge in [0.25, 0.3) is 0 Å². The molecule has 0 aliphatic rings. The topological polar surface area (TPSA) is 232 Å². The molecule has 0 unspecified atom stereocenters. The van der Waals surface area contributed by atoms with Crippen molar-refractivity contribution in [3.63, 3.8) is 0 Å². The molecule has 0 saturated carbocycles. The maximum Gasteiger partial charge on any atom is 3.00 e. The van der Waals surface area contributed by atoms with E-state index in [0.717, 1.165) is 0 Å².